The topological polar surface area (TPSA) is 72.4 Å². The molecule has 4 rings (SSSR count). The van der Waals surface area contributed by atoms with E-state index in [1.54, 1.807) is 13.3 Å². The maximum Gasteiger partial charge on any atom is 0.392 e. The number of guanidine groups is 1. The van der Waals surface area contributed by atoms with Crippen LogP contribution in [0.4, 0.5) is 4.79 Å². The molecule has 0 saturated carbocycles. The number of imide groups is 1. The van der Waals surface area contributed by atoms with Crippen molar-refractivity contribution in [2.24, 2.45) is 10.9 Å². The second-order valence-corrected chi connectivity index (χ2v) is 6.63. The van der Waals surface area contributed by atoms with Crippen molar-refractivity contribution in [2.75, 3.05) is 27.2 Å². The lowest BCUT2D eigenvalue weighted by molar-refractivity contribution is -0.563. The van der Waals surface area contributed by atoms with Crippen molar-refractivity contribution < 1.29 is 18.6 Å². The highest BCUT2D eigenvalue weighted by atomic mass is 16.3. The standard InChI is InChI=1S/C16H20N5O3/c1-10-7-20(9-11-5-4-6-24-11)15-17-13-12(21(15)8-10)14(22)19(3)16(23)18(13)2/h4-6,10,12H,7-9H2,1-3H3/q+1. The van der Waals surface area contributed by atoms with Crippen LogP contribution in [0.5, 0.6) is 0 Å². The number of nitrogens with zero attached hydrogens (tertiary/aromatic N) is 5. The van der Waals surface area contributed by atoms with Crippen molar-refractivity contribution in [3.63, 3.8) is 0 Å². The molecule has 1 fully saturated rings. The molecule has 0 N–H and O–H groups in total. The van der Waals surface area contributed by atoms with Gasteiger partial charge < -0.3 is 4.42 Å². The van der Waals surface area contributed by atoms with E-state index in [1.807, 2.05) is 17.0 Å². The Morgan fingerprint density at radius 1 is 1.33 bits per heavy atom. The van der Waals surface area contributed by atoms with Crippen LogP contribution in [-0.2, 0) is 11.3 Å². The molecule has 3 aliphatic heterocycles. The first-order valence-electron chi connectivity index (χ1n) is 8.02. The predicted octanol–water partition coefficient (Wildman–Crippen LogP) is 0.404. The Morgan fingerprint density at radius 3 is 2.83 bits per heavy atom. The van der Waals surface area contributed by atoms with E-state index < -0.39 is 6.04 Å². The van der Waals surface area contributed by atoms with Gasteiger partial charge in [-0.1, -0.05) is 11.9 Å². The molecule has 24 heavy (non-hydrogen) atoms. The molecular formula is C16H20N5O3+. The van der Waals surface area contributed by atoms with E-state index in [9.17, 15) is 9.59 Å². The molecule has 4 heterocycles. The normalized spacial score (nSPS) is 26.8. The second kappa shape index (κ2) is 5.19. The van der Waals surface area contributed by atoms with Gasteiger partial charge in [0, 0.05) is 20.0 Å². The fourth-order valence-corrected chi connectivity index (χ4v) is 3.60. The number of carbonyl (C=O) groups excluding carboxylic acids is 2. The summed E-state index contributed by atoms with van der Waals surface area (Å²) in [7, 11) is 3.18. The highest BCUT2D eigenvalue weighted by Gasteiger charge is 2.56. The van der Waals surface area contributed by atoms with E-state index in [-0.39, 0.29) is 11.9 Å². The zero-order valence-electron chi connectivity index (χ0n) is 14.0. The van der Waals surface area contributed by atoms with E-state index in [0.29, 0.717) is 18.3 Å². The third kappa shape index (κ3) is 2.05. The van der Waals surface area contributed by atoms with Crippen molar-refractivity contribution in [2.45, 2.75) is 19.5 Å². The molecule has 0 radical (unpaired) electrons. The number of urea groups is 1. The van der Waals surface area contributed by atoms with Gasteiger partial charge in [-0.05, 0) is 12.1 Å². The molecule has 0 aromatic carbocycles. The van der Waals surface area contributed by atoms with Gasteiger partial charge in [-0.15, -0.1) is 0 Å². The fraction of sp³-hybridized carbons (Fsp3) is 0.500. The van der Waals surface area contributed by atoms with Gasteiger partial charge in [0.15, 0.2) is 0 Å². The van der Waals surface area contributed by atoms with Gasteiger partial charge in [0.2, 0.25) is 11.9 Å². The molecule has 8 heteroatoms. The minimum absolute atomic E-state index is 0.223. The van der Waals surface area contributed by atoms with Crippen LogP contribution in [0.15, 0.2) is 27.8 Å². The van der Waals surface area contributed by atoms with Gasteiger partial charge in [-0.3, -0.25) is 19.2 Å². The predicted molar refractivity (Wildman–Crippen MR) is 85.6 cm³/mol. The van der Waals surface area contributed by atoms with Gasteiger partial charge in [-0.25, -0.2) is 9.69 Å². The zero-order valence-corrected chi connectivity index (χ0v) is 14.0. The highest BCUT2D eigenvalue weighted by Crippen LogP contribution is 2.26. The van der Waals surface area contributed by atoms with Gasteiger partial charge in [0.1, 0.15) is 12.3 Å². The summed E-state index contributed by atoms with van der Waals surface area (Å²) in [6.45, 7) is 4.31. The quantitative estimate of drug-likeness (QED) is 0.736. The number of amides is 3. The number of rotatable bonds is 2. The molecule has 0 bridgehead atoms. The maximum absolute atomic E-state index is 12.7. The van der Waals surface area contributed by atoms with Crippen LogP contribution in [0, 0.1) is 5.92 Å². The number of amidine groups is 1. The van der Waals surface area contributed by atoms with Crippen molar-refractivity contribution in [3.8, 4) is 0 Å². The molecule has 0 spiro atoms. The lowest BCUT2D eigenvalue weighted by Gasteiger charge is -2.35. The number of aliphatic imine (C=N–C) groups is 1. The van der Waals surface area contributed by atoms with E-state index in [4.69, 9.17) is 4.42 Å². The molecule has 1 aromatic rings. The summed E-state index contributed by atoms with van der Waals surface area (Å²) < 4.78 is 7.57. The van der Waals surface area contributed by atoms with E-state index in [0.717, 1.165) is 24.8 Å². The largest absolute Gasteiger partial charge is 0.466 e. The third-order valence-electron chi connectivity index (χ3n) is 4.76. The molecule has 2 unspecified atom stereocenters. The Morgan fingerprint density at radius 2 is 2.12 bits per heavy atom. The summed E-state index contributed by atoms with van der Waals surface area (Å²) in [6.07, 6.45) is 1.65. The highest BCUT2D eigenvalue weighted by molar-refractivity contribution is 6.25. The number of hydrogen-bond acceptors (Lipinski definition) is 5. The summed E-state index contributed by atoms with van der Waals surface area (Å²) in [5.41, 5.74) is 0. The van der Waals surface area contributed by atoms with Crippen LogP contribution in [0.3, 0.4) is 0 Å². The first-order chi connectivity index (χ1) is 11.5. The average Bonchev–Trinajstić information content (AvgIpc) is 3.18. The summed E-state index contributed by atoms with van der Waals surface area (Å²) in [4.78, 5) is 34.1. The Hall–Kier alpha value is -2.64. The SMILES string of the molecule is CC1CN2C(=[N+](Cc3ccco3)C1)N=C1C2C(=O)N(C)C(=O)N1C. The van der Waals surface area contributed by atoms with Crippen molar-refractivity contribution in [1.29, 1.82) is 0 Å². The van der Waals surface area contributed by atoms with Gasteiger partial charge >= 0.3 is 12.0 Å². The lowest BCUT2D eigenvalue weighted by Crippen LogP contribution is -2.64. The minimum Gasteiger partial charge on any atom is -0.466 e. The Kier molecular flexibility index (Phi) is 3.22. The molecule has 3 aliphatic rings. The van der Waals surface area contributed by atoms with Gasteiger partial charge in [0.05, 0.1) is 19.4 Å². The van der Waals surface area contributed by atoms with Crippen molar-refractivity contribution in [3.05, 3.63) is 24.2 Å². The lowest BCUT2D eigenvalue weighted by atomic mass is 10.1. The van der Waals surface area contributed by atoms with Crippen LogP contribution >= 0.6 is 0 Å². The third-order valence-corrected chi connectivity index (χ3v) is 4.76. The molecule has 0 aliphatic carbocycles. The molecule has 1 saturated heterocycles. The zero-order chi connectivity index (χ0) is 17.0. The molecule has 3 amide bonds. The van der Waals surface area contributed by atoms with E-state index in [2.05, 4.69) is 16.5 Å². The van der Waals surface area contributed by atoms with Crippen LogP contribution in [-0.4, -0.2) is 76.2 Å². The van der Waals surface area contributed by atoms with Crippen LogP contribution in [0.1, 0.15) is 12.7 Å². The van der Waals surface area contributed by atoms with Gasteiger partial charge in [0.25, 0.3) is 5.91 Å². The second-order valence-electron chi connectivity index (χ2n) is 6.63. The Balaban J connectivity index is 1.77. The van der Waals surface area contributed by atoms with E-state index >= 15 is 0 Å². The molecule has 2 atom stereocenters. The molecule has 1 aromatic heterocycles. The number of fused-ring (bicyclic) bond motifs is 3. The molecule has 8 nitrogen and oxygen atoms in total. The summed E-state index contributed by atoms with van der Waals surface area (Å²) >= 11 is 0. The number of furan rings is 1. The Labute approximate surface area is 139 Å². The summed E-state index contributed by atoms with van der Waals surface area (Å²) in [6, 6.07) is 2.92. The van der Waals surface area contributed by atoms with Crippen LogP contribution in [0.25, 0.3) is 0 Å². The first-order valence-corrected chi connectivity index (χ1v) is 8.02. The van der Waals surface area contributed by atoms with Crippen LogP contribution < -0.4 is 0 Å². The first kappa shape index (κ1) is 14.9. The summed E-state index contributed by atoms with van der Waals surface area (Å²) in [5.74, 6) is 2.25. The number of likely N-dealkylation sites (N-methyl/N-ethyl adjacent to an activating group) is 2. The molecular weight excluding hydrogens is 310 g/mol. The summed E-state index contributed by atoms with van der Waals surface area (Å²) in [5, 5.41) is 0. The van der Waals surface area contributed by atoms with E-state index in [1.165, 1.54) is 16.8 Å². The van der Waals surface area contributed by atoms with Crippen molar-refractivity contribution in [1.82, 2.24) is 14.7 Å². The smallest absolute Gasteiger partial charge is 0.392 e. The Bertz CT molecular complexity index is 767. The minimum atomic E-state index is -0.519. The van der Waals surface area contributed by atoms with Gasteiger partial charge in [-0.2, -0.15) is 0 Å². The molecule has 126 valence electrons. The van der Waals surface area contributed by atoms with Crippen LogP contribution in [0.2, 0.25) is 0 Å². The van der Waals surface area contributed by atoms with Crippen molar-refractivity contribution >= 4 is 23.7 Å². The average molecular weight is 330 g/mol. The number of carbonyl (C=O) groups is 2. The maximum atomic E-state index is 12.7. The monoisotopic (exact) mass is 330 g/mol. The number of hydrogen-bond donors (Lipinski definition) is 0. The fourth-order valence-electron chi connectivity index (χ4n) is 3.60.